The van der Waals surface area contributed by atoms with Crippen molar-refractivity contribution in [1.29, 1.82) is 0 Å². The number of hydrogen-bond donors (Lipinski definition) is 2. The van der Waals surface area contributed by atoms with Gasteiger partial charge < -0.3 is 14.9 Å². The lowest BCUT2D eigenvalue weighted by Gasteiger charge is -2.32. The fourth-order valence-corrected chi connectivity index (χ4v) is 3.89. The topological polar surface area (TPSA) is 87.1 Å². The lowest BCUT2D eigenvalue weighted by Crippen LogP contribution is -2.38. The third-order valence-electron chi connectivity index (χ3n) is 5.41. The van der Waals surface area contributed by atoms with E-state index in [0.717, 1.165) is 41.8 Å². The van der Waals surface area contributed by atoms with Crippen LogP contribution >= 0.6 is 0 Å². The highest BCUT2D eigenvalue weighted by Crippen LogP contribution is 2.35. The second-order valence-electron chi connectivity index (χ2n) is 8.35. The Morgan fingerprint density at radius 3 is 2.25 bits per heavy atom. The van der Waals surface area contributed by atoms with E-state index in [0.29, 0.717) is 12.1 Å². The predicted octanol–water partition coefficient (Wildman–Crippen LogP) is 4.72. The van der Waals surface area contributed by atoms with Crippen molar-refractivity contribution >= 4 is 11.9 Å². The maximum Gasteiger partial charge on any atom is 0.331 e. The molecule has 0 spiro atoms. The van der Waals surface area contributed by atoms with Crippen LogP contribution in [0.3, 0.4) is 0 Å². The van der Waals surface area contributed by atoms with Gasteiger partial charge in [-0.05, 0) is 63.9 Å². The van der Waals surface area contributed by atoms with Gasteiger partial charge in [0.15, 0.2) is 0 Å². The molecule has 172 valence electrons. The van der Waals surface area contributed by atoms with E-state index in [9.17, 15) is 14.7 Å². The molecule has 0 unspecified atom stereocenters. The molecule has 0 aliphatic rings. The van der Waals surface area contributed by atoms with Crippen molar-refractivity contribution in [1.82, 2.24) is 4.90 Å². The molecule has 32 heavy (non-hydrogen) atoms. The molecule has 1 atom stereocenters. The monoisotopic (exact) mass is 439 g/mol. The van der Waals surface area contributed by atoms with Gasteiger partial charge in [-0.3, -0.25) is 4.90 Å². The summed E-state index contributed by atoms with van der Waals surface area (Å²) in [6, 6.07) is 16.0. The summed E-state index contributed by atoms with van der Waals surface area (Å²) >= 11 is 0. The van der Waals surface area contributed by atoms with E-state index in [1.165, 1.54) is 0 Å². The zero-order valence-corrected chi connectivity index (χ0v) is 19.2. The molecule has 6 nitrogen and oxygen atoms in total. The van der Waals surface area contributed by atoms with Crippen molar-refractivity contribution in [3.63, 3.8) is 0 Å². The van der Waals surface area contributed by atoms with Gasteiger partial charge in [-0.2, -0.15) is 0 Å². The summed E-state index contributed by atoms with van der Waals surface area (Å²) in [6.45, 7) is 9.59. The third-order valence-corrected chi connectivity index (χ3v) is 5.41. The minimum absolute atomic E-state index is 0.0122. The van der Waals surface area contributed by atoms with Crippen LogP contribution in [0, 0.1) is 0 Å². The van der Waals surface area contributed by atoms with Gasteiger partial charge in [0.1, 0.15) is 12.4 Å². The summed E-state index contributed by atoms with van der Waals surface area (Å²) in [6.07, 6.45) is 2.44. The van der Waals surface area contributed by atoms with Crippen molar-refractivity contribution in [2.24, 2.45) is 0 Å². The van der Waals surface area contributed by atoms with Gasteiger partial charge in [-0.1, -0.05) is 36.4 Å². The molecule has 0 heterocycles. The van der Waals surface area contributed by atoms with Crippen LogP contribution in [-0.4, -0.2) is 45.7 Å². The molecule has 0 saturated heterocycles. The van der Waals surface area contributed by atoms with Gasteiger partial charge >= 0.3 is 11.9 Å². The van der Waals surface area contributed by atoms with Crippen molar-refractivity contribution in [2.45, 2.75) is 58.7 Å². The molecule has 2 rings (SSSR count). The number of ether oxygens (including phenoxy) is 1. The summed E-state index contributed by atoms with van der Waals surface area (Å²) in [5.74, 6) is -1.78. The molecule has 2 N–H and O–H groups in total. The number of hydrogen-bond acceptors (Lipinski definition) is 5. The van der Waals surface area contributed by atoms with E-state index in [1.807, 2.05) is 24.3 Å². The molecule has 0 aliphatic carbocycles. The van der Waals surface area contributed by atoms with Gasteiger partial charge in [-0.25, -0.2) is 9.59 Å². The standard InChI is InChI=1S/C26H33NO5/c1-18(2)27(19(3)4)15-14-22(21-8-6-5-7-9-21)23-16-20(10-11-24(23)28)17-32-26(31)13-12-25(29)30/h5-13,16,18-19,22,28H,14-15,17H2,1-4H3,(H,29,30)/t22-/m1/s1. The molecule has 0 saturated carbocycles. The number of benzene rings is 2. The van der Waals surface area contributed by atoms with E-state index in [2.05, 4.69) is 44.7 Å². The number of nitrogens with zero attached hydrogens (tertiary/aromatic N) is 1. The van der Waals surface area contributed by atoms with Crippen LogP contribution in [0.4, 0.5) is 0 Å². The van der Waals surface area contributed by atoms with Gasteiger partial charge in [0, 0.05) is 35.7 Å². The van der Waals surface area contributed by atoms with E-state index in [1.54, 1.807) is 12.1 Å². The Morgan fingerprint density at radius 1 is 1.00 bits per heavy atom. The number of rotatable bonds is 11. The normalized spacial score (nSPS) is 12.6. The first-order valence-electron chi connectivity index (χ1n) is 10.9. The van der Waals surface area contributed by atoms with Gasteiger partial charge in [0.25, 0.3) is 0 Å². The van der Waals surface area contributed by atoms with Crippen LogP contribution in [0.5, 0.6) is 5.75 Å². The number of carboxylic acid groups (broad SMARTS) is 1. The lowest BCUT2D eigenvalue weighted by molar-refractivity contribution is -0.139. The van der Waals surface area contributed by atoms with Crippen molar-refractivity contribution in [2.75, 3.05) is 6.54 Å². The number of aliphatic carboxylic acids is 1. The highest BCUT2D eigenvalue weighted by atomic mass is 16.5. The third kappa shape index (κ3) is 7.54. The summed E-state index contributed by atoms with van der Waals surface area (Å²) in [4.78, 5) is 24.7. The molecule has 2 aromatic rings. The molecule has 2 aromatic carbocycles. The Balaban J connectivity index is 2.27. The summed E-state index contributed by atoms with van der Waals surface area (Å²) in [7, 11) is 0. The number of carbonyl (C=O) groups is 2. The van der Waals surface area contributed by atoms with Crippen LogP contribution in [0.15, 0.2) is 60.7 Å². The summed E-state index contributed by atoms with van der Waals surface area (Å²) < 4.78 is 5.14. The number of esters is 1. The fourth-order valence-electron chi connectivity index (χ4n) is 3.89. The Morgan fingerprint density at radius 2 is 1.66 bits per heavy atom. The number of aromatic hydroxyl groups is 1. The number of phenols is 1. The Labute approximate surface area is 190 Å². The van der Waals surface area contributed by atoms with Crippen LogP contribution in [0.25, 0.3) is 0 Å². The average molecular weight is 440 g/mol. The number of phenolic OH excluding ortho intramolecular Hbond substituents is 1. The molecular formula is C26H33NO5. The number of carboxylic acids is 1. The Hall–Kier alpha value is -3.12. The molecule has 6 heteroatoms. The lowest BCUT2D eigenvalue weighted by atomic mass is 9.86. The van der Waals surface area contributed by atoms with Crippen LogP contribution in [0.1, 0.15) is 56.7 Å². The SMILES string of the molecule is CC(C)N(CC[C@H](c1ccccc1)c1cc(COC(=O)C=CC(=O)O)ccc1O)C(C)C. The van der Waals surface area contributed by atoms with Gasteiger partial charge in [0.2, 0.25) is 0 Å². The number of carbonyl (C=O) groups excluding carboxylic acids is 1. The van der Waals surface area contributed by atoms with Crippen molar-refractivity contribution < 1.29 is 24.5 Å². The van der Waals surface area contributed by atoms with Crippen molar-refractivity contribution in [3.05, 3.63) is 77.4 Å². The van der Waals surface area contributed by atoms with E-state index >= 15 is 0 Å². The molecule has 0 fully saturated rings. The average Bonchev–Trinajstić information content (AvgIpc) is 2.75. The second-order valence-corrected chi connectivity index (χ2v) is 8.35. The Kier molecular flexibility index (Phi) is 9.47. The first-order chi connectivity index (χ1) is 15.2. The van der Waals surface area contributed by atoms with Crippen LogP contribution in [-0.2, 0) is 20.9 Å². The minimum atomic E-state index is -1.21. The highest BCUT2D eigenvalue weighted by molar-refractivity contribution is 5.90. The Bertz CT molecular complexity index is 913. The van der Waals surface area contributed by atoms with Gasteiger partial charge in [0.05, 0.1) is 0 Å². The molecule has 0 aromatic heterocycles. The summed E-state index contributed by atoms with van der Waals surface area (Å²) in [5, 5.41) is 19.3. The zero-order valence-electron chi connectivity index (χ0n) is 19.2. The van der Waals surface area contributed by atoms with Crippen molar-refractivity contribution in [3.8, 4) is 5.75 Å². The zero-order chi connectivity index (χ0) is 23.7. The van der Waals surface area contributed by atoms with E-state index in [-0.39, 0.29) is 18.3 Å². The fraction of sp³-hybridized carbons (Fsp3) is 0.385. The maximum absolute atomic E-state index is 11.7. The molecule has 0 bridgehead atoms. The van der Waals surface area contributed by atoms with Gasteiger partial charge in [-0.15, -0.1) is 0 Å². The first-order valence-corrected chi connectivity index (χ1v) is 10.9. The van der Waals surface area contributed by atoms with Crippen LogP contribution < -0.4 is 0 Å². The highest BCUT2D eigenvalue weighted by Gasteiger charge is 2.21. The molecule has 0 radical (unpaired) electrons. The quantitative estimate of drug-likeness (QED) is 0.389. The molecular weight excluding hydrogens is 406 g/mol. The first kappa shape index (κ1) is 25.1. The summed E-state index contributed by atoms with van der Waals surface area (Å²) in [5.41, 5.74) is 2.60. The second kappa shape index (κ2) is 12.1. The molecule has 0 amide bonds. The van der Waals surface area contributed by atoms with E-state index < -0.39 is 11.9 Å². The van der Waals surface area contributed by atoms with E-state index in [4.69, 9.17) is 9.84 Å². The predicted molar refractivity (Wildman–Crippen MR) is 125 cm³/mol. The van der Waals surface area contributed by atoms with Crippen LogP contribution in [0.2, 0.25) is 0 Å². The maximum atomic E-state index is 11.7. The molecule has 0 aliphatic heterocycles. The largest absolute Gasteiger partial charge is 0.508 e. The minimum Gasteiger partial charge on any atom is -0.508 e. The smallest absolute Gasteiger partial charge is 0.331 e.